The number of rotatable bonds is 3. The maximum absolute atomic E-state index is 13.2. The minimum absolute atomic E-state index is 0.301. The van der Waals surface area contributed by atoms with Gasteiger partial charge in [0.15, 0.2) is 0 Å². The minimum atomic E-state index is -0.301. The van der Waals surface area contributed by atoms with Gasteiger partial charge in [-0.25, -0.2) is 4.39 Å². The summed E-state index contributed by atoms with van der Waals surface area (Å²) in [6, 6.07) is 0. The predicted molar refractivity (Wildman–Crippen MR) is 49.4 cm³/mol. The Bertz CT molecular complexity index is 236. The molecule has 0 fully saturated rings. The molecule has 0 atom stereocenters. The fraction of sp³-hybridized carbons (Fsp3) is 0.400. The molecule has 0 saturated carbocycles. The molecule has 12 heavy (non-hydrogen) atoms. The first-order chi connectivity index (χ1) is 5.54. The third-order valence-corrected chi connectivity index (χ3v) is 1.56. The average molecular weight is 170 g/mol. The first kappa shape index (κ1) is 11.0. The van der Waals surface area contributed by atoms with Gasteiger partial charge in [-0.1, -0.05) is 6.58 Å². The van der Waals surface area contributed by atoms with Gasteiger partial charge in [-0.05, 0) is 32.4 Å². The largest absolute Gasteiger partial charge is 0.497 e. The molecule has 0 saturated heterocycles. The van der Waals surface area contributed by atoms with Gasteiger partial charge in [0, 0.05) is 5.57 Å². The average Bonchev–Trinajstić information content (AvgIpc) is 2.05. The lowest BCUT2D eigenvalue weighted by atomic mass is 10.1. The lowest BCUT2D eigenvalue weighted by molar-refractivity contribution is 0.298. The van der Waals surface area contributed by atoms with Gasteiger partial charge in [-0.2, -0.15) is 0 Å². The van der Waals surface area contributed by atoms with Crippen molar-refractivity contribution in [2.75, 3.05) is 7.11 Å². The van der Waals surface area contributed by atoms with E-state index in [2.05, 4.69) is 6.58 Å². The molecule has 0 aliphatic carbocycles. The van der Waals surface area contributed by atoms with Crippen molar-refractivity contribution < 1.29 is 9.13 Å². The Balaban J connectivity index is 4.89. The summed E-state index contributed by atoms with van der Waals surface area (Å²) in [6.07, 6.45) is 1.72. The number of ether oxygens (including phenoxy) is 1. The molecule has 0 bridgehead atoms. The van der Waals surface area contributed by atoms with E-state index in [1.165, 1.54) is 7.11 Å². The molecule has 0 rings (SSSR count). The van der Waals surface area contributed by atoms with Crippen LogP contribution in [0.4, 0.5) is 4.39 Å². The lowest BCUT2D eigenvalue weighted by Crippen LogP contribution is -1.92. The summed E-state index contributed by atoms with van der Waals surface area (Å²) < 4.78 is 18.2. The zero-order chi connectivity index (χ0) is 9.72. The molecule has 0 N–H and O–H groups in total. The number of hydrogen-bond donors (Lipinski definition) is 0. The van der Waals surface area contributed by atoms with Crippen molar-refractivity contribution in [3.8, 4) is 0 Å². The summed E-state index contributed by atoms with van der Waals surface area (Å²) in [5.74, 6) is 0.250. The van der Waals surface area contributed by atoms with Crippen LogP contribution in [-0.4, -0.2) is 7.11 Å². The summed E-state index contributed by atoms with van der Waals surface area (Å²) in [5, 5.41) is 0. The second kappa shape index (κ2) is 4.75. The van der Waals surface area contributed by atoms with Crippen molar-refractivity contribution in [2.45, 2.75) is 20.8 Å². The van der Waals surface area contributed by atoms with Crippen LogP contribution in [-0.2, 0) is 4.74 Å². The van der Waals surface area contributed by atoms with Crippen LogP contribution < -0.4 is 0 Å². The zero-order valence-electron chi connectivity index (χ0n) is 8.07. The predicted octanol–water partition coefficient (Wildman–Crippen LogP) is 3.36. The molecule has 0 radical (unpaired) electrons. The highest BCUT2D eigenvalue weighted by atomic mass is 19.1. The van der Waals surface area contributed by atoms with Crippen molar-refractivity contribution >= 4 is 0 Å². The fourth-order valence-electron chi connectivity index (χ4n) is 0.916. The van der Waals surface area contributed by atoms with Crippen molar-refractivity contribution in [1.29, 1.82) is 0 Å². The summed E-state index contributed by atoms with van der Waals surface area (Å²) in [4.78, 5) is 0. The first-order valence-corrected chi connectivity index (χ1v) is 3.77. The Morgan fingerprint density at radius 1 is 1.42 bits per heavy atom. The van der Waals surface area contributed by atoms with Gasteiger partial charge in [0.1, 0.15) is 11.6 Å². The molecule has 0 aliphatic heterocycles. The van der Waals surface area contributed by atoms with E-state index in [0.29, 0.717) is 16.9 Å². The molecule has 0 unspecified atom stereocenters. The van der Waals surface area contributed by atoms with E-state index in [9.17, 15) is 4.39 Å². The molecular formula is C10H15FO. The topological polar surface area (TPSA) is 9.23 Å². The van der Waals surface area contributed by atoms with Crippen molar-refractivity contribution in [3.05, 3.63) is 35.4 Å². The third-order valence-electron chi connectivity index (χ3n) is 1.56. The molecule has 0 aromatic rings. The third kappa shape index (κ3) is 2.53. The van der Waals surface area contributed by atoms with Crippen LogP contribution in [0.1, 0.15) is 20.8 Å². The van der Waals surface area contributed by atoms with E-state index < -0.39 is 0 Å². The number of allylic oxidation sites excluding steroid dienone is 4. The smallest absolute Gasteiger partial charge is 0.132 e. The van der Waals surface area contributed by atoms with E-state index in [0.717, 1.165) is 0 Å². The standard InChI is InChI=1S/C10H15FO/c1-6-9(12-5)8(4)10(11)7(2)3/h6H,2H2,1,3-5H3/b9-6+,10-8+. The van der Waals surface area contributed by atoms with Crippen LogP contribution >= 0.6 is 0 Å². The van der Waals surface area contributed by atoms with Gasteiger partial charge >= 0.3 is 0 Å². The van der Waals surface area contributed by atoms with Gasteiger partial charge in [0.25, 0.3) is 0 Å². The summed E-state index contributed by atoms with van der Waals surface area (Å²) in [6.45, 7) is 8.61. The quantitative estimate of drug-likeness (QED) is 0.466. The highest BCUT2D eigenvalue weighted by Crippen LogP contribution is 2.20. The molecule has 2 heteroatoms. The Morgan fingerprint density at radius 3 is 2.17 bits per heavy atom. The van der Waals surface area contributed by atoms with Crippen LogP contribution in [0, 0.1) is 0 Å². The first-order valence-electron chi connectivity index (χ1n) is 3.77. The molecular weight excluding hydrogens is 155 g/mol. The Morgan fingerprint density at radius 2 is 1.92 bits per heavy atom. The molecule has 0 spiro atoms. The van der Waals surface area contributed by atoms with Crippen LogP contribution in [0.25, 0.3) is 0 Å². The number of methoxy groups -OCH3 is 1. The fourth-order valence-corrected chi connectivity index (χ4v) is 0.916. The van der Waals surface area contributed by atoms with Crippen LogP contribution in [0.5, 0.6) is 0 Å². The molecule has 0 heterocycles. The van der Waals surface area contributed by atoms with E-state index >= 15 is 0 Å². The van der Waals surface area contributed by atoms with Gasteiger partial charge in [0.05, 0.1) is 7.11 Å². The summed E-state index contributed by atoms with van der Waals surface area (Å²) >= 11 is 0. The van der Waals surface area contributed by atoms with E-state index in [1.807, 2.05) is 0 Å². The van der Waals surface area contributed by atoms with Gasteiger partial charge in [0.2, 0.25) is 0 Å². The van der Waals surface area contributed by atoms with E-state index in [4.69, 9.17) is 4.74 Å². The van der Waals surface area contributed by atoms with E-state index in [-0.39, 0.29) is 5.83 Å². The maximum atomic E-state index is 13.2. The lowest BCUT2D eigenvalue weighted by Gasteiger charge is -2.07. The monoisotopic (exact) mass is 170 g/mol. The number of hydrogen-bond acceptors (Lipinski definition) is 1. The maximum Gasteiger partial charge on any atom is 0.132 e. The second-order valence-electron chi connectivity index (χ2n) is 2.58. The van der Waals surface area contributed by atoms with Crippen LogP contribution in [0.15, 0.2) is 35.4 Å². The molecule has 0 aliphatic rings. The van der Waals surface area contributed by atoms with Crippen LogP contribution in [0.3, 0.4) is 0 Å². The van der Waals surface area contributed by atoms with Crippen molar-refractivity contribution in [2.24, 2.45) is 0 Å². The Kier molecular flexibility index (Phi) is 4.34. The van der Waals surface area contributed by atoms with Crippen molar-refractivity contribution in [1.82, 2.24) is 0 Å². The van der Waals surface area contributed by atoms with Gasteiger partial charge in [-0.3, -0.25) is 0 Å². The second-order valence-corrected chi connectivity index (χ2v) is 2.58. The van der Waals surface area contributed by atoms with Crippen LogP contribution in [0.2, 0.25) is 0 Å². The molecule has 1 nitrogen and oxygen atoms in total. The molecule has 68 valence electrons. The van der Waals surface area contributed by atoms with Crippen molar-refractivity contribution in [3.63, 3.8) is 0 Å². The molecule has 0 aromatic heterocycles. The molecule has 0 aromatic carbocycles. The normalized spacial score (nSPS) is 13.9. The van der Waals surface area contributed by atoms with Gasteiger partial charge < -0.3 is 4.74 Å². The number of halogens is 1. The highest BCUT2D eigenvalue weighted by molar-refractivity contribution is 5.34. The Labute approximate surface area is 73.2 Å². The summed E-state index contributed by atoms with van der Waals surface area (Å²) in [5.41, 5.74) is 0.913. The zero-order valence-corrected chi connectivity index (χ0v) is 8.07. The minimum Gasteiger partial charge on any atom is -0.497 e. The van der Waals surface area contributed by atoms with Gasteiger partial charge in [-0.15, -0.1) is 0 Å². The SMILES string of the molecule is C=C(C)/C(F)=C(C)\C(=C/C)OC. The highest BCUT2D eigenvalue weighted by Gasteiger charge is 2.06. The summed E-state index contributed by atoms with van der Waals surface area (Å²) in [7, 11) is 1.52. The Hall–Kier alpha value is -1.05. The van der Waals surface area contributed by atoms with E-state index in [1.54, 1.807) is 26.8 Å². The molecule has 0 amide bonds.